The summed E-state index contributed by atoms with van der Waals surface area (Å²) < 4.78 is 13.3. The zero-order valence-corrected chi connectivity index (χ0v) is 11.8. The number of hydrogen-bond donors (Lipinski definition) is 2. The molecule has 1 aromatic heterocycles. The van der Waals surface area contributed by atoms with Crippen LogP contribution in [0.3, 0.4) is 0 Å². The summed E-state index contributed by atoms with van der Waals surface area (Å²) in [7, 11) is 0. The summed E-state index contributed by atoms with van der Waals surface area (Å²) in [6.45, 7) is 0. The van der Waals surface area contributed by atoms with Gasteiger partial charge >= 0.3 is 0 Å². The molecule has 19 heavy (non-hydrogen) atoms. The van der Waals surface area contributed by atoms with Crippen molar-refractivity contribution in [2.45, 2.75) is 0 Å². The normalized spacial score (nSPS) is 10.3. The number of nitrogens with zero attached hydrogens (tertiary/aromatic N) is 1. The lowest BCUT2D eigenvalue weighted by molar-refractivity contribution is 0.629. The summed E-state index contributed by atoms with van der Waals surface area (Å²) in [6, 6.07) is 7.98. The molecule has 2 rings (SSSR count). The quantitative estimate of drug-likeness (QED) is 0.666. The van der Waals surface area contributed by atoms with Gasteiger partial charge in [0.1, 0.15) is 10.8 Å². The SMILES string of the molecule is NC(=S)c1cccc(Nc2cc(Cl)c(F)c(Cl)c2)n1. The molecule has 0 radical (unpaired) electrons. The highest BCUT2D eigenvalue weighted by Gasteiger charge is 2.08. The number of pyridine rings is 1. The summed E-state index contributed by atoms with van der Waals surface area (Å²) in [5, 5.41) is 2.81. The number of anilines is 2. The van der Waals surface area contributed by atoms with Crippen molar-refractivity contribution in [1.82, 2.24) is 4.98 Å². The van der Waals surface area contributed by atoms with Gasteiger partial charge in [-0.3, -0.25) is 0 Å². The number of rotatable bonds is 3. The Kier molecular flexibility index (Phi) is 4.19. The van der Waals surface area contributed by atoms with E-state index in [0.717, 1.165) is 0 Å². The van der Waals surface area contributed by atoms with Crippen LogP contribution in [0.2, 0.25) is 10.0 Å². The average Bonchev–Trinajstić information content (AvgIpc) is 2.36. The zero-order chi connectivity index (χ0) is 14.0. The Labute approximate surface area is 124 Å². The number of halogens is 3. The molecule has 3 nitrogen and oxygen atoms in total. The van der Waals surface area contributed by atoms with Crippen LogP contribution in [0.5, 0.6) is 0 Å². The van der Waals surface area contributed by atoms with Gasteiger partial charge < -0.3 is 11.1 Å². The third-order valence-corrected chi connectivity index (χ3v) is 3.02. The van der Waals surface area contributed by atoms with Crippen LogP contribution in [0.15, 0.2) is 30.3 Å². The Morgan fingerprint density at radius 1 is 1.26 bits per heavy atom. The summed E-state index contributed by atoms with van der Waals surface area (Å²) in [5.41, 5.74) is 6.50. The highest BCUT2D eigenvalue weighted by molar-refractivity contribution is 7.80. The van der Waals surface area contributed by atoms with Crippen LogP contribution < -0.4 is 11.1 Å². The lowest BCUT2D eigenvalue weighted by atomic mass is 10.3. The highest BCUT2D eigenvalue weighted by Crippen LogP contribution is 2.28. The molecule has 0 aliphatic heterocycles. The molecule has 0 spiro atoms. The molecule has 0 saturated heterocycles. The van der Waals surface area contributed by atoms with E-state index < -0.39 is 5.82 Å². The van der Waals surface area contributed by atoms with E-state index in [1.807, 2.05) is 0 Å². The zero-order valence-electron chi connectivity index (χ0n) is 9.45. The predicted octanol–water partition coefficient (Wildman–Crippen LogP) is 3.91. The third kappa shape index (κ3) is 3.32. The Morgan fingerprint density at radius 2 is 1.89 bits per heavy atom. The standard InChI is InChI=1S/C12H8Cl2FN3S/c13-7-4-6(5-8(14)11(7)15)17-10-3-1-2-9(18-10)12(16)19/h1-5H,(H2,16,19)(H,17,18). The summed E-state index contributed by atoms with van der Waals surface area (Å²) in [4.78, 5) is 4.39. The van der Waals surface area contributed by atoms with Crippen LogP contribution in [0.4, 0.5) is 15.9 Å². The maximum absolute atomic E-state index is 13.3. The van der Waals surface area contributed by atoms with Crippen molar-refractivity contribution >= 4 is 51.9 Å². The fourth-order valence-corrected chi connectivity index (χ4v) is 2.02. The molecule has 0 unspecified atom stereocenters. The maximum Gasteiger partial charge on any atom is 0.160 e. The largest absolute Gasteiger partial charge is 0.388 e. The van der Waals surface area contributed by atoms with Gasteiger partial charge in [0, 0.05) is 5.69 Å². The molecular weight excluding hydrogens is 308 g/mol. The second-order valence-electron chi connectivity index (χ2n) is 3.65. The van der Waals surface area contributed by atoms with Crippen molar-refractivity contribution in [1.29, 1.82) is 0 Å². The van der Waals surface area contributed by atoms with Gasteiger partial charge in [0.05, 0.1) is 15.7 Å². The van der Waals surface area contributed by atoms with E-state index in [9.17, 15) is 4.39 Å². The Bertz CT molecular complexity index is 626. The van der Waals surface area contributed by atoms with Gasteiger partial charge in [0.2, 0.25) is 0 Å². The predicted molar refractivity (Wildman–Crippen MR) is 79.8 cm³/mol. The van der Waals surface area contributed by atoms with E-state index in [0.29, 0.717) is 17.2 Å². The van der Waals surface area contributed by atoms with E-state index in [4.69, 9.17) is 41.2 Å². The second kappa shape index (κ2) is 5.69. The monoisotopic (exact) mass is 315 g/mol. The van der Waals surface area contributed by atoms with Crippen LogP contribution >= 0.6 is 35.4 Å². The molecule has 0 aliphatic rings. The van der Waals surface area contributed by atoms with Crippen molar-refractivity contribution in [2.75, 3.05) is 5.32 Å². The minimum Gasteiger partial charge on any atom is -0.388 e. The van der Waals surface area contributed by atoms with Gasteiger partial charge in [-0.15, -0.1) is 0 Å². The number of hydrogen-bond acceptors (Lipinski definition) is 3. The molecular formula is C12H8Cl2FN3S. The average molecular weight is 316 g/mol. The van der Waals surface area contributed by atoms with Crippen LogP contribution in [0, 0.1) is 5.82 Å². The first-order chi connectivity index (χ1) is 8.97. The lowest BCUT2D eigenvalue weighted by Gasteiger charge is -2.08. The smallest absolute Gasteiger partial charge is 0.160 e. The van der Waals surface area contributed by atoms with Crippen LogP contribution in [-0.4, -0.2) is 9.97 Å². The molecule has 0 aliphatic carbocycles. The van der Waals surface area contributed by atoms with Crippen molar-refractivity contribution in [3.8, 4) is 0 Å². The fraction of sp³-hybridized carbons (Fsp3) is 0. The minimum atomic E-state index is -0.654. The molecule has 0 fully saturated rings. The van der Waals surface area contributed by atoms with E-state index in [2.05, 4.69) is 10.3 Å². The maximum atomic E-state index is 13.3. The minimum absolute atomic E-state index is 0.0690. The number of nitrogens with two attached hydrogens (primary N) is 1. The van der Waals surface area contributed by atoms with Crippen LogP contribution in [0.1, 0.15) is 5.69 Å². The van der Waals surface area contributed by atoms with Gasteiger partial charge in [-0.25, -0.2) is 9.37 Å². The Hall–Kier alpha value is -1.43. The first-order valence-electron chi connectivity index (χ1n) is 5.16. The Balaban J connectivity index is 2.31. The van der Waals surface area contributed by atoms with Crippen molar-refractivity contribution in [3.05, 3.63) is 51.9 Å². The van der Waals surface area contributed by atoms with E-state index >= 15 is 0 Å². The molecule has 0 bridgehead atoms. The molecule has 0 amide bonds. The molecule has 98 valence electrons. The molecule has 0 atom stereocenters. The van der Waals surface area contributed by atoms with Gasteiger partial charge in [0.15, 0.2) is 5.82 Å². The molecule has 1 aromatic carbocycles. The number of aromatic nitrogens is 1. The van der Waals surface area contributed by atoms with Crippen LogP contribution in [-0.2, 0) is 0 Å². The van der Waals surface area contributed by atoms with Gasteiger partial charge in [-0.1, -0.05) is 41.5 Å². The Morgan fingerprint density at radius 3 is 2.47 bits per heavy atom. The fourth-order valence-electron chi connectivity index (χ4n) is 1.42. The topological polar surface area (TPSA) is 50.9 Å². The summed E-state index contributed by atoms with van der Waals surface area (Å²) in [5.74, 6) is -0.150. The molecule has 7 heteroatoms. The van der Waals surface area contributed by atoms with Gasteiger partial charge in [-0.2, -0.15) is 0 Å². The molecule has 2 aromatic rings. The van der Waals surface area contributed by atoms with E-state index in [1.54, 1.807) is 18.2 Å². The van der Waals surface area contributed by atoms with Gasteiger partial charge in [0.25, 0.3) is 0 Å². The van der Waals surface area contributed by atoms with Crippen LogP contribution in [0.25, 0.3) is 0 Å². The third-order valence-electron chi connectivity index (χ3n) is 2.26. The van der Waals surface area contributed by atoms with Gasteiger partial charge in [-0.05, 0) is 24.3 Å². The first kappa shape index (κ1) is 14.0. The summed E-state index contributed by atoms with van der Waals surface area (Å²) >= 11 is 16.3. The van der Waals surface area contributed by atoms with Crippen molar-refractivity contribution < 1.29 is 4.39 Å². The second-order valence-corrected chi connectivity index (χ2v) is 4.91. The number of nitrogens with one attached hydrogen (secondary N) is 1. The lowest BCUT2D eigenvalue weighted by Crippen LogP contribution is -2.12. The molecule has 0 saturated carbocycles. The number of benzene rings is 1. The van der Waals surface area contributed by atoms with Crippen molar-refractivity contribution in [3.63, 3.8) is 0 Å². The molecule has 3 N–H and O–H groups in total. The summed E-state index contributed by atoms with van der Waals surface area (Å²) in [6.07, 6.45) is 0. The highest BCUT2D eigenvalue weighted by atomic mass is 35.5. The molecule has 1 heterocycles. The number of thiocarbonyl (C=S) groups is 1. The van der Waals surface area contributed by atoms with E-state index in [-0.39, 0.29) is 15.0 Å². The first-order valence-corrected chi connectivity index (χ1v) is 6.32. The van der Waals surface area contributed by atoms with Crippen molar-refractivity contribution in [2.24, 2.45) is 5.73 Å². The van der Waals surface area contributed by atoms with E-state index in [1.165, 1.54) is 12.1 Å².